The summed E-state index contributed by atoms with van der Waals surface area (Å²) >= 11 is 0. The van der Waals surface area contributed by atoms with Crippen molar-refractivity contribution in [1.29, 1.82) is 0 Å². The van der Waals surface area contributed by atoms with Crippen molar-refractivity contribution in [2.24, 2.45) is 0 Å². The van der Waals surface area contributed by atoms with Crippen molar-refractivity contribution in [3.8, 4) is 0 Å². The first kappa shape index (κ1) is 15.7. The number of carboxylic acids is 1. The molecule has 1 aromatic rings. The number of hydrogen-bond acceptors (Lipinski definition) is 3. The Bertz CT molecular complexity index is 529. The van der Waals surface area contributed by atoms with Crippen molar-refractivity contribution < 1.29 is 18.3 Å². The number of carboxylic acid groups (broad SMARTS) is 1. The molecule has 1 rings (SSSR count). The highest BCUT2D eigenvalue weighted by atomic mass is 32.2. The van der Waals surface area contributed by atoms with Crippen molar-refractivity contribution >= 4 is 15.8 Å². The quantitative estimate of drug-likeness (QED) is 0.870. The first-order valence-corrected chi connectivity index (χ1v) is 7.96. The predicted molar refractivity (Wildman–Crippen MR) is 75.1 cm³/mol. The molecule has 0 aromatic heterocycles. The molecule has 0 spiro atoms. The second kappa shape index (κ2) is 6.19. The van der Waals surface area contributed by atoms with Gasteiger partial charge in [0.1, 0.15) is 0 Å². The van der Waals surface area contributed by atoms with Gasteiger partial charge in [0.05, 0.1) is 16.9 Å². The largest absolute Gasteiger partial charge is 0.481 e. The van der Waals surface area contributed by atoms with Crippen LogP contribution in [0.25, 0.3) is 0 Å². The molecule has 1 aromatic carbocycles. The number of carbonyl (C=O) groups is 1. The number of aryl methyl sites for hydroxylation is 1. The van der Waals surface area contributed by atoms with Crippen molar-refractivity contribution in [2.75, 3.05) is 5.75 Å². The van der Waals surface area contributed by atoms with E-state index in [4.69, 9.17) is 0 Å². The van der Waals surface area contributed by atoms with Gasteiger partial charge in [-0.2, -0.15) is 0 Å². The maximum atomic E-state index is 11.7. The lowest BCUT2D eigenvalue weighted by Crippen LogP contribution is -2.22. The van der Waals surface area contributed by atoms with E-state index in [0.717, 1.165) is 5.56 Å². The number of hydrogen-bond donors (Lipinski definition) is 1. The molecule has 0 heterocycles. The van der Waals surface area contributed by atoms with E-state index in [1.807, 2.05) is 19.1 Å². The number of sulfone groups is 1. The number of rotatable bonds is 6. The molecule has 0 amide bonds. The van der Waals surface area contributed by atoms with E-state index in [1.165, 1.54) is 0 Å². The van der Waals surface area contributed by atoms with Crippen LogP contribution in [0.4, 0.5) is 0 Å². The first-order valence-electron chi connectivity index (χ1n) is 6.25. The second-order valence-electron chi connectivity index (χ2n) is 5.01. The van der Waals surface area contributed by atoms with E-state index < -0.39 is 27.0 Å². The number of benzene rings is 1. The molecule has 106 valence electrons. The van der Waals surface area contributed by atoms with E-state index >= 15 is 0 Å². The van der Waals surface area contributed by atoms with Crippen molar-refractivity contribution in [3.63, 3.8) is 0 Å². The zero-order chi connectivity index (χ0) is 14.6. The molecular weight excluding hydrogens is 264 g/mol. The molecular formula is C14H20O4S. The van der Waals surface area contributed by atoms with Crippen molar-refractivity contribution in [2.45, 2.75) is 38.4 Å². The fourth-order valence-electron chi connectivity index (χ4n) is 1.75. The van der Waals surface area contributed by atoms with Crippen LogP contribution < -0.4 is 0 Å². The van der Waals surface area contributed by atoms with Crippen molar-refractivity contribution in [1.82, 2.24) is 0 Å². The topological polar surface area (TPSA) is 71.4 Å². The van der Waals surface area contributed by atoms with E-state index in [2.05, 4.69) is 0 Å². The van der Waals surface area contributed by atoms with Gasteiger partial charge in [-0.25, -0.2) is 8.42 Å². The number of aliphatic carboxylic acids is 1. The smallest absolute Gasteiger partial charge is 0.311 e. The minimum absolute atomic E-state index is 0.102. The molecule has 0 aliphatic carbocycles. The molecule has 4 nitrogen and oxygen atoms in total. The fourth-order valence-corrected chi connectivity index (χ4v) is 2.78. The van der Waals surface area contributed by atoms with E-state index in [9.17, 15) is 18.3 Å². The Morgan fingerprint density at radius 3 is 2.16 bits per heavy atom. The maximum Gasteiger partial charge on any atom is 0.311 e. The Labute approximate surface area is 114 Å². The Morgan fingerprint density at radius 1 is 1.21 bits per heavy atom. The van der Waals surface area contributed by atoms with E-state index in [0.29, 0.717) is 5.56 Å². The van der Waals surface area contributed by atoms with Gasteiger partial charge in [0, 0.05) is 0 Å². The summed E-state index contributed by atoms with van der Waals surface area (Å²) in [4.78, 5) is 11.3. The standard InChI is InChI=1S/C14H20O4S/c1-10(2)19(17,18)9-8-13(14(15)16)12-6-4-11(3)5-7-12/h4-7,10,13H,8-9H2,1-3H3,(H,15,16). The van der Waals surface area contributed by atoms with Crippen LogP contribution in [-0.2, 0) is 14.6 Å². The highest BCUT2D eigenvalue weighted by molar-refractivity contribution is 7.91. The van der Waals surface area contributed by atoms with Crippen LogP contribution in [-0.4, -0.2) is 30.5 Å². The highest BCUT2D eigenvalue weighted by Crippen LogP contribution is 2.22. The molecule has 0 bridgehead atoms. The van der Waals surface area contributed by atoms with Gasteiger partial charge in [-0.05, 0) is 32.8 Å². The molecule has 19 heavy (non-hydrogen) atoms. The summed E-state index contributed by atoms with van der Waals surface area (Å²) in [6.07, 6.45) is 0.110. The van der Waals surface area contributed by atoms with E-state index in [1.54, 1.807) is 26.0 Å². The average Bonchev–Trinajstić information content (AvgIpc) is 2.31. The van der Waals surface area contributed by atoms with Gasteiger partial charge in [-0.15, -0.1) is 0 Å². The van der Waals surface area contributed by atoms with Crippen LogP contribution in [0, 0.1) is 6.92 Å². The molecule has 0 saturated heterocycles. The van der Waals surface area contributed by atoms with Crippen LogP contribution in [0.15, 0.2) is 24.3 Å². The molecule has 0 saturated carbocycles. The van der Waals surface area contributed by atoms with Gasteiger partial charge < -0.3 is 5.11 Å². The van der Waals surface area contributed by atoms with Gasteiger partial charge >= 0.3 is 5.97 Å². The summed E-state index contributed by atoms with van der Waals surface area (Å²) in [5, 5.41) is 8.76. The van der Waals surface area contributed by atoms with Gasteiger partial charge in [-0.1, -0.05) is 29.8 Å². The summed E-state index contributed by atoms with van der Waals surface area (Å²) in [7, 11) is -3.21. The summed E-state index contributed by atoms with van der Waals surface area (Å²) in [6.45, 7) is 5.14. The van der Waals surface area contributed by atoms with Crippen molar-refractivity contribution in [3.05, 3.63) is 35.4 Å². The van der Waals surface area contributed by atoms with Crippen LogP contribution in [0.1, 0.15) is 37.3 Å². The molecule has 0 aliphatic heterocycles. The van der Waals surface area contributed by atoms with E-state index in [-0.39, 0.29) is 12.2 Å². The summed E-state index contributed by atoms with van der Waals surface area (Å²) in [5.74, 6) is -1.85. The molecule has 1 N–H and O–H groups in total. The zero-order valence-corrected chi connectivity index (χ0v) is 12.3. The molecule has 1 unspecified atom stereocenters. The lowest BCUT2D eigenvalue weighted by atomic mass is 9.96. The average molecular weight is 284 g/mol. The lowest BCUT2D eigenvalue weighted by Gasteiger charge is -2.14. The fraction of sp³-hybridized carbons (Fsp3) is 0.500. The monoisotopic (exact) mass is 284 g/mol. The van der Waals surface area contributed by atoms with Gasteiger partial charge in [0.2, 0.25) is 0 Å². The van der Waals surface area contributed by atoms with Crippen LogP contribution in [0.2, 0.25) is 0 Å². The summed E-state index contributed by atoms with van der Waals surface area (Å²) < 4.78 is 23.5. The second-order valence-corrected chi connectivity index (χ2v) is 7.68. The minimum Gasteiger partial charge on any atom is -0.481 e. The first-order chi connectivity index (χ1) is 8.74. The predicted octanol–water partition coefficient (Wildman–Crippen LogP) is 2.38. The Balaban J connectivity index is 2.86. The zero-order valence-electron chi connectivity index (χ0n) is 11.5. The molecule has 1 atom stereocenters. The van der Waals surface area contributed by atoms with Gasteiger partial charge in [0.25, 0.3) is 0 Å². The molecule has 5 heteroatoms. The van der Waals surface area contributed by atoms with Crippen LogP contribution in [0.3, 0.4) is 0 Å². The molecule has 0 radical (unpaired) electrons. The van der Waals surface area contributed by atoms with Gasteiger partial charge in [-0.3, -0.25) is 4.79 Å². The Kier molecular flexibility index (Phi) is 5.11. The molecule has 0 fully saturated rings. The Morgan fingerprint density at radius 2 is 1.74 bits per heavy atom. The van der Waals surface area contributed by atoms with Crippen LogP contribution in [0.5, 0.6) is 0 Å². The van der Waals surface area contributed by atoms with Crippen LogP contribution >= 0.6 is 0 Å². The maximum absolute atomic E-state index is 11.7. The lowest BCUT2D eigenvalue weighted by molar-refractivity contribution is -0.138. The minimum atomic E-state index is -3.21. The summed E-state index contributed by atoms with van der Waals surface area (Å²) in [5.41, 5.74) is 1.69. The SMILES string of the molecule is Cc1ccc(C(CCS(=O)(=O)C(C)C)C(=O)O)cc1. The van der Waals surface area contributed by atoms with Gasteiger partial charge in [0.15, 0.2) is 9.84 Å². The third kappa shape index (κ3) is 4.35. The molecule has 0 aliphatic rings. The Hall–Kier alpha value is -1.36. The third-order valence-corrected chi connectivity index (χ3v) is 5.43. The highest BCUT2D eigenvalue weighted by Gasteiger charge is 2.24. The normalized spacial score (nSPS) is 13.5. The third-order valence-electron chi connectivity index (χ3n) is 3.19. The summed E-state index contributed by atoms with van der Waals surface area (Å²) in [6, 6.07) is 7.16.